The summed E-state index contributed by atoms with van der Waals surface area (Å²) in [6.07, 6.45) is 1.87. The van der Waals surface area contributed by atoms with Gasteiger partial charge >= 0.3 is 6.09 Å². The molecule has 1 atom stereocenters. The van der Waals surface area contributed by atoms with E-state index in [0.29, 0.717) is 13.1 Å². The van der Waals surface area contributed by atoms with Crippen LogP contribution in [0.3, 0.4) is 0 Å². The van der Waals surface area contributed by atoms with Crippen molar-refractivity contribution >= 4 is 23.5 Å². The van der Waals surface area contributed by atoms with E-state index in [0.717, 1.165) is 29.8 Å². The summed E-state index contributed by atoms with van der Waals surface area (Å²) >= 11 is 1.87. The third-order valence-corrected chi connectivity index (χ3v) is 5.02. The number of carbonyl (C=O) groups is 1. The van der Waals surface area contributed by atoms with Crippen molar-refractivity contribution in [3.63, 3.8) is 0 Å². The van der Waals surface area contributed by atoms with Crippen molar-refractivity contribution < 1.29 is 9.53 Å². The largest absolute Gasteiger partial charge is 0.440 e. The summed E-state index contributed by atoms with van der Waals surface area (Å²) in [5.41, 5.74) is 7.29. The molecule has 2 aliphatic heterocycles. The Labute approximate surface area is 117 Å². The summed E-state index contributed by atoms with van der Waals surface area (Å²) < 4.78 is 5.67. The number of rotatable bonds is 2. The van der Waals surface area contributed by atoms with E-state index >= 15 is 0 Å². The fraction of sp³-hybridized carbons (Fsp3) is 0.500. The fourth-order valence-corrected chi connectivity index (χ4v) is 3.86. The Kier molecular flexibility index (Phi) is 3.41. The standard InChI is InChI=1S/C14H18N2O2S/c15-8-11-3-1-4-12(7-11)16-9-14(18-13(16)17)5-2-6-19-10-14/h1,3-4,7H,2,5-6,8-10,15H2. The van der Waals surface area contributed by atoms with Gasteiger partial charge in [0.25, 0.3) is 0 Å². The molecule has 1 aromatic rings. The first kappa shape index (κ1) is 12.8. The van der Waals surface area contributed by atoms with Gasteiger partial charge in [0.15, 0.2) is 0 Å². The molecule has 3 rings (SSSR count). The van der Waals surface area contributed by atoms with E-state index in [4.69, 9.17) is 10.5 Å². The molecule has 0 saturated carbocycles. The van der Waals surface area contributed by atoms with E-state index < -0.39 is 0 Å². The average molecular weight is 278 g/mol. The van der Waals surface area contributed by atoms with E-state index in [9.17, 15) is 4.79 Å². The normalized spacial score (nSPS) is 26.8. The van der Waals surface area contributed by atoms with Gasteiger partial charge < -0.3 is 10.5 Å². The number of carbonyl (C=O) groups excluding carboxylic acids is 1. The molecule has 1 spiro atoms. The molecule has 2 fully saturated rings. The highest BCUT2D eigenvalue weighted by Crippen LogP contribution is 2.37. The molecule has 2 aliphatic rings. The molecule has 1 unspecified atom stereocenters. The Bertz CT molecular complexity index is 486. The van der Waals surface area contributed by atoms with E-state index in [1.165, 1.54) is 5.75 Å². The van der Waals surface area contributed by atoms with Crippen LogP contribution in [0, 0.1) is 0 Å². The first-order chi connectivity index (χ1) is 9.22. The molecule has 0 bridgehead atoms. The van der Waals surface area contributed by atoms with Crippen molar-refractivity contribution in [1.82, 2.24) is 0 Å². The molecule has 1 aromatic carbocycles. The molecule has 0 aliphatic carbocycles. The number of hydrogen-bond donors (Lipinski definition) is 1. The quantitative estimate of drug-likeness (QED) is 0.902. The van der Waals surface area contributed by atoms with Crippen LogP contribution in [0.2, 0.25) is 0 Å². The second kappa shape index (κ2) is 5.06. The zero-order valence-corrected chi connectivity index (χ0v) is 11.6. The van der Waals surface area contributed by atoms with Gasteiger partial charge in [-0.1, -0.05) is 12.1 Å². The van der Waals surface area contributed by atoms with Crippen LogP contribution in [-0.2, 0) is 11.3 Å². The van der Waals surface area contributed by atoms with Gasteiger partial charge in [-0.2, -0.15) is 11.8 Å². The van der Waals surface area contributed by atoms with Crippen molar-refractivity contribution in [2.75, 3.05) is 23.0 Å². The van der Waals surface area contributed by atoms with E-state index in [1.54, 1.807) is 4.90 Å². The summed E-state index contributed by atoms with van der Waals surface area (Å²) in [7, 11) is 0. The smallest absolute Gasteiger partial charge is 0.415 e. The maximum absolute atomic E-state index is 12.1. The number of anilines is 1. The molecule has 0 aromatic heterocycles. The van der Waals surface area contributed by atoms with E-state index in [-0.39, 0.29) is 11.7 Å². The Morgan fingerprint density at radius 1 is 1.47 bits per heavy atom. The van der Waals surface area contributed by atoms with Gasteiger partial charge in [0.05, 0.1) is 6.54 Å². The highest BCUT2D eigenvalue weighted by atomic mass is 32.2. The van der Waals surface area contributed by atoms with Crippen LogP contribution in [0.15, 0.2) is 24.3 Å². The van der Waals surface area contributed by atoms with Crippen LogP contribution in [0.5, 0.6) is 0 Å². The topological polar surface area (TPSA) is 55.6 Å². The lowest BCUT2D eigenvalue weighted by atomic mass is 10.00. The minimum absolute atomic E-state index is 0.225. The lowest BCUT2D eigenvalue weighted by molar-refractivity contribution is 0.0664. The van der Waals surface area contributed by atoms with Gasteiger partial charge in [-0.3, -0.25) is 4.90 Å². The monoisotopic (exact) mass is 278 g/mol. The summed E-state index contributed by atoms with van der Waals surface area (Å²) in [6.45, 7) is 1.14. The minimum atomic E-state index is -0.279. The highest BCUT2D eigenvalue weighted by molar-refractivity contribution is 7.99. The molecular formula is C14H18N2O2S. The molecular weight excluding hydrogens is 260 g/mol. The zero-order valence-electron chi connectivity index (χ0n) is 10.8. The fourth-order valence-electron chi connectivity index (χ4n) is 2.71. The van der Waals surface area contributed by atoms with E-state index in [1.807, 2.05) is 36.0 Å². The summed E-state index contributed by atoms with van der Waals surface area (Å²) in [5, 5.41) is 0. The number of benzene rings is 1. The van der Waals surface area contributed by atoms with E-state index in [2.05, 4.69) is 0 Å². The predicted octanol–water partition coefficient (Wildman–Crippen LogP) is 2.37. The number of ether oxygens (including phenoxy) is 1. The van der Waals surface area contributed by atoms with Crippen LogP contribution in [0.4, 0.5) is 10.5 Å². The lowest BCUT2D eigenvalue weighted by Gasteiger charge is -2.30. The Morgan fingerprint density at radius 3 is 3.11 bits per heavy atom. The Hall–Kier alpha value is -1.20. The Balaban J connectivity index is 1.83. The predicted molar refractivity (Wildman–Crippen MR) is 77.5 cm³/mol. The Morgan fingerprint density at radius 2 is 2.37 bits per heavy atom. The van der Waals surface area contributed by atoms with Crippen LogP contribution >= 0.6 is 11.8 Å². The zero-order chi connectivity index (χ0) is 13.3. The molecule has 2 saturated heterocycles. The molecule has 2 N–H and O–H groups in total. The van der Waals surface area contributed by atoms with Crippen molar-refractivity contribution in [1.29, 1.82) is 0 Å². The third-order valence-electron chi connectivity index (χ3n) is 3.71. The van der Waals surface area contributed by atoms with Crippen LogP contribution in [0.25, 0.3) is 0 Å². The van der Waals surface area contributed by atoms with Crippen LogP contribution in [-0.4, -0.2) is 29.7 Å². The van der Waals surface area contributed by atoms with Gasteiger partial charge in [-0.15, -0.1) is 0 Å². The second-order valence-electron chi connectivity index (χ2n) is 5.17. The molecule has 4 nitrogen and oxygen atoms in total. The molecule has 19 heavy (non-hydrogen) atoms. The number of amides is 1. The minimum Gasteiger partial charge on any atom is -0.440 e. The van der Waals surface area contributed by atoms with Crippen molar-refractivity contribution in [3.8, 4) is 0 Å². The first-order valence-electron chi connectivity index (χ1n) is 6.60. The van der Waals surface area contributed by atoms with Crippen LogP contribution < -0.4 is 10.6 Å². The maximum Gasteiger partial charge on any atom is 0.415 e. The summed E-state index contributed by atoms with van der Waals surface area (Å²) in [5.74, 6) is 2.08. The molecule has 5 heteroatoms. The number of nitrogens with two attached hydrogens (primary N) is 1. The summed E-state index contributed by atoms with van der Waals surface area (Å²) in [6, 6.07) is 7.81. The SMILES string of the molecule is NCc1cccc(N2CC3(CCCSC3)OC2=O)c1. The molecule has 1 amide bonds. The lowest BCUT2D eigenvalue weighted by Crippen LogP contribution is -2.39. The van der Waals surface area contributed by atoms with Gasteiger partial charge in [0, 0.05) is 18.0 Å². The van der Waals surface area contributed by atoms with Crippen LogP contribution in [0.1, 0.15) is 18.4 Å². The maximum atomic E-state index is 12.1. The van der Waals surface area contributed by atoms with Crippen molar-refractivity contribution in [2.45, 2.75) is 25.0 Å². The number of thioether (sulfide) groups is 1. The number of hydrogen-bond acceptors (Lipinski definition) is 4. The van der Waals surface area contributed by atoms with Crippen molar-refractivity contribution in [3.05, 3.63) is 29.8 Å². The molecule has 0 radical (unpaired) electrons. The van der Waals surface area contributed by atoms with Gasteiger partial charge in [0.1, 0.15) is 5.60 Å². The summed E-state index contributed by atoms with van der Waals surface area (Å²) in [4.78, 5) is 13.9. The number of nitrogens with zero attached hydrogens (tertiary/aromatic N) is 1. The second-order valence-corrected chi connectivity index (χ2v) is 6.27. The van der Waals surface area contributed by atoms with Crippen molar-refractivity contribution in [2.24, 2.45) is 5.73 Å². The molecule has 2 heterocycles. The average Bonchev–Trinajstić information content (AvgIpc) is 2.76. The highest BCUT2D eigenvalue weighted by Gasteiger charge is 2.46. The third kappa shape index (κ3) is 2.44. The van der Waals surface area contributed by atoms with Gasteiger partial charge in [0.2, 0.25) is 0 Å². The van der Waals surface area contributed by atoms with Gasteiger partial charge in [-0.05, 0) is 36.3 Å². The first-order valence-corrected chi connectivity index (χ1v) is 7.75. The molecule has 102 valence electrons. The van der Waals surface area contributed by atoms with Gasteiger partial charge in [-0.25, -0.2) is 4.79 Å².